The second-order valence-electron chi connectivity index (χ2n) is 5.68. The first kappa shape index (κ1) is 16.0. The molecule has 0 aromatic heterocycles. The Morgan fingerprint density at radius 3 is 2.48 bits per heavy atom. The number of aryl methyl sites for hydroxylation is 1. The zero-order valence-electron chi connectivity index (χ0n) is 12.1. The van der Waals surface area contributed by atoms with Crippen LogP contribution in [0.1, 0.15) is 36.8 Å². The first-order valence-electron chi connectivity index (χ1n) is 7.23. The van der Waals surface area contributed by atoms with Gasteiger partial charge in [-0.3, -0.25) is 9.59 Å². The number of aliphatic carboxylic acids is 1. The molecule has 1 aliphatic rings. The average molecular weight is 354 g/mol. The van der Waals surface area contributed by atoms with E-state index in [1.54, 1.807) is 0 Å². The SMILES string of the molecule is Cc1ccc(Br)cc1CNC(=O)C1CCC(C(=O)O)CC1. The van der Waals surface area contributed by atoms with E-state index in [0.29, 0.717) is 32.2 Å². The molecule has 0 saturated heterocycles. The number of carboxylic acid groups (broad SMARTS) is 1. The van der Waals surface area contributed by atoms with E-state index in [2.05, 4.69) is 21.2 Å². The molecule has 1 amide bonds. The van der Waals surface area contributed by atoms with Gasteiger partial charge < -0.3 is 10.4 Å². The summed E-state index contributed by atoms with van der Waals surface area (Å²) in [5.41, 5.74) is 2.24. The third-order valence-corrected chi connectivity index (χ3v) is 4.70. The van der Waals surface area contributed by atoms with Gasteiger partial charge in [-0.25, -0.2) is 0 Å². The van der Waals surface area contributed by atoms with Crippen LogP contribution in [0.25, 0.3) is 0 Å². The van der Waals surface area contributed by atoms with Crippen LogP contribution in [0.15, 0.2) is 22.7 Å². The normalized spacial score (nSPS) is 21.8. The number of nitrogens with one attached hydrogen (secondary N) is 1. The van der Waals surface area contributed by atoms with Crippen LogP contribution >= 0.6 is 15.9 Å². The summed E-state index contributed by atoms with van der Waals surface area (Å²) in [6, 6.07) is 6.01. The van der Waals surface area contributed by atoms with Gasteiger partial charge in [0.25, 0.3) is 0 Å². The highest BCUT2D eigenvalue weighted by Crippen LogP contribution is 2.29. The summed E-state index contributed by atoms with van der Waals surface area (Å²) in [5.74, 6) is -1.02. The van der Waals surface area contributed by atoms with Crippen LogP contribution in [-0.4, -0.2) is 17.0 Å². The van der Waals surface area contributed by atoms with E-state index in [1.165, 1.54) is 0 Å². The predicted octanol–water partition coefficient (Wildman–Crippen LogP) is 3.26. The van der Waals surface area contributed by atoms with E-state index < -0.39 is 5.97 Å². The molecule has 1 saturated carbocycles. The summed E-state index contributed by atoms with van der Waals surface area (Å²) in [7, 11) is 0. The number of amides is 1. The minimum absolute atomic E-state index is 0.0400. The lowest BCUT2D eigenvalue weighted by molar-refractivity contribution is -0.144. The van der Waals surface area contributed by atoms with Crippen molar-refractivity contribution < 1.29 is 14.7 Å². The van der Waals surface area contributed by atoms with Crippen molar-refractivity contribution in [3.05, 3.63) is 33.8 Å². The molecule has 1 fully saturated rings. The first-order chi connectivity index (χ1) is 9.97. The molecule has 21 heavy (non-hydrogen) atoms. The molecular weight excluding hydrogens is 334 g/mol. The smallest absolute Gasteiger partial charge is 0.306 e. The van der Waals surface area contributed by atoms with Gasteiger partial charge in [0.2, 0.25) is 5.91 Å². The fourth-order valence-electron chi connectivity index (χ4n) is 2.76. The fraction of sp³-hybridized carbons (Fsp3) is 0.500. The maximum absolute atomic E-state index is 12.2. The second kappa shape index (κ2) is 7.07. The lowest BCUT2D eigenvalue weighted by Gasteiger charge is -2.25. The molecule has 0 atom stereocenters. The number of hydrogen-bond acceptors (Lipinski definition) is 2. The number of halogens is 1. The van der Waals surface area contributed by atoms with Crippen LogP contribution in [0.2, 0.25) is 0 Å². The monoisotopic (exact) mass is 353 g/mol. The molecule has 0 bridgehead atoms. The van der Waals surface area contributed by atoms with Crippen LogP contribution in [0, 0.1) is 18.8 Å². The standard InChI is InChI=1S/C16H20BrNO3/c1-10-2-7-14(17)8-13(10)9-18-15(19)11-3-5-12(6-4-11)16(20)21/h2,7-8,11-12H,3-6,9H2,1H3,(H,18,19)(H,20,21). The highest BCUT2D eigenvalue weighted by molar-refractivity contribution is 9.10. The Bertz CT molecular complexity index is 536. The van der Waals surface area contributed by atoms with Crippen molar-refractivity contribution in [2.45, 2.75) is 39.2 Å². The summed E-state index contributed by atoms with van der Waals surface area (Å²) >= 11 is 3.43. The van der Waals surface area contributed by atoms with Gasteiger partial charge in [-0.05, 0) is 55.9 Å². The number of carbonyl (C=O) groups is 2. The lowest BCUT2D eigenvalue weighted by Crippen LogP contribution is -2.34. The van der Waals surface area contributed by atoms with Crippen LogP contribution in [0.4, 0.5) is 0 Å². The topological polar surface area (TPSA) is 66.4 Å². The third kappa shape index (κ3) is 4.30. The summed E-state index contributed by atoms with van der Waals surface area (Å²) in [4.78, 5) is 23.1. The van der Waals surface area contributed by atoms with E-state index in [0.717, 1.165) is 15.6 Å². The number of benzene rings is 1. The van der Waals surface area contributed by atoms with Crippen LogP contribution in [0.5, 0.6) is 0 Å². The van der Waals surface area contributed by atoms with Crippen molar-refractivity contribution in [1.29, 1.82) is 0 Å². The molecule has 5 heteroatoms. The van der Waals surface area contributed by atoms with Crippen molar-refractivity contribution in [3.63, 3.8) is 0 Å². The van der Waals surface area contributed by atoms with E-state index in [4.69, 9.17) is 5.11 Å². The molecule has 2 rings (SSSR count). The summed E-state index contributed by atoms with van der Waals surface area (Å²) in [6.45, 7) is 2.54. The molecule has 114 valence electrons. The van der Waals surface area contributed by atoms with Gasteiger partial charge in [-0.2, -0.15) is 0 Å². The quantitative estimate of drug-likeness (QED) is 0.872. The van der Waals surface area contributed by atoms with Crippen LogP contribution < -0.4 is 5.32 Å². The molecular formula is C16H20BrNO3. The molecule has 4 nitrogen and oxygen atoms in total. The Labute approximate surface area is 133 Å². The summed E-state index contributed by atoms with van der Waals surface area (Å²) in [5, 5.41) is 11.9. The van der Waals surface area contributed by atoms with E-state index in [1.807, 2.05) is 25.1 Å². The van der Waals surface area contributed by atoms with Crippen molar-refractivity contribution in [3.8, 4) is 0 Å². The predicted molar refractivity (Wildman–Crippen MR) is 83.8 cm³/mol. The lowest BCUT2D eigenvalue weighted by atomic mass is 9.81. The first-order valence-corrected chi connectivity index (χ1v) is 8.02. The Hall–Kier alpha value is -1.36. The Morgan fingerprint density at radius 1 is 1.24 bits per heavy atom. The third-order valence-electron chi connectivity index (χ3n) is 4.21. The highest BCUT2D eigenvalue weighted by Gasteiger charge is 2.29. The molecule has 0 aliphatic heterocycles. The van der Waals surface area contributed by atoms with E-state index >= 15 is 0 Å². The number of rotatable bonds is 4. The van der Waals surface area contributed by atoms with Crippen LogP contribution in [0.3, 0.4) is 0 Å². The molecule has 0 unspecified atom stereocenters. The number of carbonyl (C=O) groups excluding carboxylic acids is 1. The second-order valence-corrected chi connectivity index (χ2v) is 6.59. The molecule has 0 radical (unpaired) electrons. The van der Waals surface area contributed by atoms with Gasteiger partial charge in [-0.1, -0.05) is 22.0 Å². The number of carboxylic acids is 1. The van der Waals surface area contributed by atoms with Crippen molar-refractivity contribution >= 4 is 27.8 Å². The number of hydrogen-bond donors (Lipinski definition) is 2. The molecule has 0 spiro atoms. The molecule has 1 aromatic carbocycles. The minimum Gasteiger partial charge on any atom is -0.481 e. The molecule has 0 heterocycles. The van der Waals surface area contributed by atoms with Gasteiger partial charge in [0.05, 0.1) is 5.92 Å². The highest BCUT2D eigenvalue weighted by atomic mass is 79.9. The summed E-state index contributed by atoms with van der Waals surface area (Å²) < 4.78 is 0.999. The van der Waals surface area contributed by atoms with Crippen molar-refractivity contribution in [2.75, 3.05) is 0 Å². The van der Waals surface area contributed by atoms with Gasteiger partial charge in [-0.15, -0.1) is 0 Å². The Kier molecular flexibility index (Phi) is 5.39. The van der Waals surface area contributed by atoms with Gasteiger partial charge in [0, 0.05) is 16.9 Å². The zero-order chi connectivity index (χ0) is 15.4. The Balaban J connectivity index is 1.85. The minimum atomic E-state index is -0.737. The van der Waals surface area contributed by atoms with Crippen molar-refractivity contribution in [2.24, 2.45) is 11.8 Å². The van der Waals surface area contributed by atoms with Gasteiger partial charge in [0.1, 0.15) is 0 Å². The fourth-order valence-corrected chi connectivity index (χ4v) is 3.17. The Morgan fingerprint density at radius 2 is 1.86 bits per heavy atom. The maximum atomic E-state index is 12.2. The summed E-state index contributed by atoms with van der Waals surface area (Å²) in [6.07, 6.45) is 2.53. The molecule has 2 N–H and O–H groups in total. The van der Waals surface area contributed by atoms with E-state index in [-0.39, 0.29) is 17.7 Å². The molecule has 1 aliphatic carbocycles. The van der Waals surface area contributed by atoms with Crippen molar-refractivity contribution in [1.82, 2.24) is 5.32 Å². The molecule has 1 aromatic rings. The van der Waals surface area contributed by atoms with Crippen LogP contribution in [-0.2, 0) is 16.1 Å². The zero-order valence-corrected chi connectivity index (χ0v) is 13.6. The largest absolute Gasteiger partial charge is 0.481 e. The van der Waals surface area contributed by atoms with E-state index in [9.17, 15) is 9.59 Å². The average Bonchev–Trinajstić information content (AvgIpc) is 2.48. The maximum Gasteiger partial charge on any atom is 0.306 e. The van der Waals surface area contributed by atoms with Gasteiger partial charge in [0.15, 0.2) is 0 Å². The van der Waals surface area contributed by atoms with Gasteiger partial charge >= 0.3 is 5.97 Å².